The number of likely N-dealkylation sites (tertiary alicyclic amines) is 1. The van der Waals surface area contributed by atoms with E-state index in [9.17, 15) is 9.59 Å². The lowest BCUT2D eigenvalue weighted by atomic mass is 10.1. The number of methoxy groups -OCH3 is 1. The summed E-state index contributed by atoms with van der Waals surface area (Å²) in [7, 11) is 1.35. The lowest BCUT2D eigenvalue weighted by molar-refractivity contribution is -0.145. The Kier molecular flexibility index (Phi) is 3.42. The molecule has 0 bridgehead atoms. The maximum absolute atomic E-state index is 11.7. The van der Waals surface area contributed by atoms with E-state index in [1.54, 1.807) is 4.90 Å². The third-order valence-corrected chi connectivity index (χ3v) is 2.97. The fourth-order valence-corrected chi connectivity index (χ4v) is 2.05. The molecule has 1 saturated heterocycles. The SMILES string of the molecule is COC(=O)[C@@H]1CC(=O)N(Cc2ccccc2)C1. The first kappa shape index (κ1) is 11.6. The van der Waals surface area contributed by atoms with Gasteiger partial charge in [-0.3, -0.25) is 9.59 Å². The van der Waals surface area contributed by atoms with Gasteiger partial charge in [0, 0.05) is 19.5 Å². The standard InChI is InChI=1S/C13H15NO3/c1-17-13(16)11-7-12(15)14(9-11)8-10-5-3-2-4-6-10/h2-6,11H,7-9H2,1H3/t11-/m1/s1. The summed E-state index contributed by atoms with van der Waals surface area (Å²) >= 11 is 0. The smallest absolute Gasteiger partial charge is 0.310 e. The topological polar surface area (TPSA) is 46.6 Å². The first-order chi connectivity index (χ1) is 8.20. The summed E-state index contributed by atoms with van der Waals surface area (Å²) < 4.78 is 4.66. The number of carbonyl (C=O) groups is 2. The van der Waals surface area contributed by atoms with Crippen LogP contribution in [0.2, 0.25) is 0 Å². The fraction of sp³-hybridized carbons (Fsp3) is 0.385. The summed E-state index contributed by atoms with van der Waals surface area (Å²) in [5, 5.41) is 0. The average molecular weight is 233 g/mol. The summed E-state index contributed by atoms with van der Waals surface area (Å²) in [6.45, 7) is 1.02. The summed E-state index contributed by atoms with van der Waals surface area (Å²) in [4.78, 5) is 24.8. The van der Waals surface area contributed by atoms with Crippen molar-refractivity contribution >= 4 is 11.9 Å². The van der Waals surface area contributed by atoms with Gasteiger partial charge in [0.05, 0.1) is 13.0 Å². The minimum Gasteiger partial charge on any atom is -0.469 e. The number of hydrogen-bond acceptors (Lipinski definition) is 3. The van der Waals surface area contributed by atoms with Crippen molar-refractivity contribution in [2.24, 2.45) is 5.92 Å². The van der Waals surface area contributed by atoms with Gasteiger partial charge in [0.15, 0.2) is 0 Å². The predicted molar refractivity (Wildman–Crippen MR) is 62.0 cm³/mol. The number of carbonyl (C=O) groups excluding carboxylic acids is 2. The molecule has 1 fully saturated rings. The van der Waals surface area contributed by atoms with Crippen molar-refractivity contribution in [1.29, 1.82) is 0 Å². The van der Waals surface area contributed by atoms with Crippen LogP contribution in [0.3, 0.4) is 0 Å². The van der Waals surface area contributed by atoms with E-state index < -0.39 is 0 Å². The van der Waals surface area contributed by atoms with Crippen LogP contribution in [-0.4, -0.2) is 30.4 Å². The van der Waals surface area contributed by atoms with Crippen molar-refractivity contribution < 1.29 is 14.3 Å². The molecular weight excluding hydrogens is 218 g/mol. The molecule has 1 aliphatic heterocycles. The van der Waals surface area contributed by atoms with Crippen LogP contribution >= 0.6 is 0 Å². The zero-order valence-electron chi connectivity index (χ0n) is 9.76. The van der Waals surface area contributed by atoms with E-state index in [1.165, 1.54) is 7.11 Å². The summed E-state index contributed by atoms with van der Waals surface area (Å²) in [6.07, 6.45) is 0.263. The molecule has 0 saturated carbocycles. The lowest BCUT2D eigenvalue weighted by Gasteiger charge is -2.16. The molecule has 1 amide bonds. The highest BCUT2D eigenvalue weighted by atomic mass is 16.5. The van der Waals surface area contributed by atoms with E-state index in [4.69, 9.17) is 0 Å². The summed E-state index contributed by atoms with van der Waals surface area (Å²) in [5.41, 5.74) is 1.08. The molecule has 17 heavy (non-hydrogen) atoms. The lowest BCUT2D eigenvalue weighted by Crippen LogP contribution is -2.26. The van der Waals surface area contributed by atoms with Gasteiger partial charge in [0.1, 0.15) is 0 Å². The Morgan fingerprint density at radius 3 is 2.76 bits per heavy atom. The van der Waals surface area contributed by atoms with Gasteiger partial charge in [-0.2, -0.15) is 0 Å². The maximum atomic E-state index is 11.7. The van der Waals surface area contributed by atoms with Crippen molar-refractivity contribution in [2.75, 3.05) is 13.7 Å². The monoisotopic (exact) mass is 233 g/mol. The van der Waals surface area contributed by atoms with E-state index in [-0.39, 0.29) is 24.2 Å². The highest BCUT2D eigenvalue weighted by Gasteiger charge is 2.34. The predicted octanol–water partition coefficient (Wildman–Crippen LogP) is 1.21. The van der Waals surface area contributed by atoms with Gasteiger partial charge in [0.2, 0.25) is 5.91 Å². The Hall–Kier alpha value is -1.84. The zero-order chi connectivity index (χ0) is 12.3. The normalized spacial score (nSPS) is 19.5. The van der Waals surface area contributed by atoms with Crippen LogP contribution in [0.15, 0.2) is 30.3 Å². The molecule has 0 N–H and O–H groups in total. The second-order valence-corrected chi connectivity index (χ2v) is 4.18. The number of esters is 1. The van der Waals surface area contributed by atoms with Gasteiger partial charge < -0.3 is 9.64 Å². The number of hydrogen-bond donors (Lipinski definition) is 0. The van der Waals surface area contributed by atoms with Crippen molar-refractivity contribution in [3.63, 3.8) is 0 Å². The Morgan fingerprint density at radius 2 is 2.12 bits per heavy atom. The maximum Gasteiger partial charge on any atom is 0.310 e. The molecule has 4 heteroatoms. The van der Waals surface area contributed by atoms with Gasteiger partial charge in [-0.05, 0) is 5.56 Å². The van der Waals surface area contributed by atoms with Gasteiger partial charge >= 0.3 is 5.97 Å². The quantitative estimate of drug-likeness (QED) is 0.737. The van der Waals surface area contributed by atoms with Gasteiger partial charge in [-0.1, -0.05) is 30.3 Å². The van der Waals surface area contributed by atoms with E-state index in [2.05, 4.69) is 4.74 Å². The fourth-order valence-electron chi connectivity index (χ4n) is 2.05. The number of amides is 1. The van der Waals surface area contributed by atoms with Crippen molar-refractivity contribution in [2.45, 2.75) is 13.0 Å². The minimum absolute atomic E-state index is 0.0178. The number of ether oxygens (including phenoxy) is 1. The van der Waals surface area contributed by atoms with E-state index >= 15 is 0 Å². The Labute approximate surface area is 100 Å². The largest absolute Gasteiger partial charge is 0.469 e. The minimum atomic E-state index is -0.309. The number of benzene rings is 1. The molecule has 1 aromatic carbocycles. The van der Waals surface area contributed by atoms with E-state index in [0.29, 0.717) is 13.1 Å². The third kappa shape index (κ3) is 2.64. The van der Waals surface area contributed by atoms with Crippen molar-refractivity contribution in [3.05, 3.63) is 35.9 Å². The zero-order valence-corrected chi connectivity index (χ0v) is 9.76. The van der Waals surface area contributed by atoms with Crippen LogP contribution in [0.5, 0.6) is 0 Å². The molecule has 0 radical (unpaired) electrons. The second kappa shape index (κ2) is 4.99. The number of nitrogens with zero attached hydrogens (tertiary/aromatic N) is 1. The van der Waals surface area contributed by atoms with E-state index in [0.717, 1.165) is 5.56 Å². The highest BCUT2D eigenvalue weighted by Crippen LogP contribution is 2.20. The van der Waals surface area contributed by atoms with Crippen LogP contribution in [0.25, 0.3) is 0 Å². The molecular formula is C13H15NO3. The Morgan fingerprint density at radius 1 is 1.41 bits per heavy atom. The molecule has 0 spiro atoms. The molecule has 0 aliphatic carbocycles. The molecule has 90 valence electrons. The number of rotatable bonds is 3. The molecule has 0 unspecified atom stereocenters. The molecule has 1 heterocycles. The van der Waals surface area contributed by atoms with Crippen molar-refractivity contribution in [3.8, 4) is 0 Å². The Balaban J connectivity index is 1.99. The van der Waals surface area contributed by atoms with Crippen LogP contribution in [-0.2, 0) is 20.9 Å². The summed E-state index contributed by atoms with van der Waals surface area (Å²) in [5.74, 6) is -0.589. The average Bonchev–Trinajstić information content (AvgIpc) is 2.71. The second-order valence-electron chi connectivity index (χ2n) is 4.18. The third-order valence-electron chi connectivity index (χ3n) is 2.97. The van der Waals surface area contributed by atoms with Crippen LogP contribution in [0, 0.1) is 5.92 Å². The van der Waals surface area contributed by atoms with Gasteiger partial charge in [-0.15, -0.1) is 0 Å². The molecule has 4 nitrogen and oxygen atoms in total. The van der Waals surface area contributed by atoms with Crippen molar-refractivity contribution in [1.82, 2.24) is 4.90 Å². The highest BCUT2D eigenvalue weighted by molar-refractivity contribution is 5.86. The molecule has 1 aliphatic rings. The Bertz CT molecular complexity index is 416. The van der Waals surface area contributed by atoms with Crippen LogP contribution in [0.1, 0.15) is 12.0 Å². The molecule has 0 aromatic heterocycles. The first-order valence-corrected chi connectivity index (χ1v) is 5.60. The van der Waals surface area contributed by atoms with Crippen LogP contribution in [0.4, 0.5) is 0 Å². The molecule has 1 aromatic rings. The molecule has 2 rings (SSSR count). The molecule has 1 atom stereocenters. The summed E-state index contributed by atoms with van der Waals surface area (Å²) in [6, 6.07) is 9.76. The van der Waals surface area contributed by atoms with Gasteiger partial charge in [0.25, 0.3) is 0 Å². The van der Waals surface area contributed by atoms with Gasteiger partial charge in [-0.25, -0.2) is 0 Å². The van der Waals surface area contributed by atoms with Crippen LogP contribution < -0.4 is 0 Å². The first-order valence-electron chi connectivity index (χ1n) is 5.60. The van der Waals surface area contributed by atoms with E-state index in [1.807, 2.05) is 30.3 Å².